The van der Waals surface area contributed by atoms with Gasteiger partial charge in [-0.25, -0.2) is 17.2 Å². The number of hydrogen-bond acceptors (Lipinski definition) is 4. The summed E-state index contributed by atoms with van der Waals surface area (Å²) < 4.78 is 53.2. The highest BCUT2D eigenvalue weighted by atomic mass is 35.5. The molecule has 2 aromatic rings. The molecule has 1 aliphatic heterocycles. The zero-order chi connectivity index (χ0) is 18.0. The Kier molecular flexibility index (Phi) is 6.98. The van der Waals surface area contributed by atoms with E-state index in [1.165, 1.54) is 4.31 Å². The minimum atomic E-state index is -3.87. The quantitative estimate of drug-likeness (QED) is 0.797. The fraction of sp³-hybridized carbons (Fsp3) is 0.400. The van der Waals surface area contributed by atoms with Gasteiger partial charge in [0.15, 0.2) is 0 Å². The summed E-state index contributed by atoms with van der Waals surface area (Å²) >= 11 is 6.02. The minimum Gasteiger partial charge on any atom is -0.313 e. The third-order valence-corrected chi connectivity index (χ3v) is 6.07. The Morgan fingerprint density at radius 2 is 2.15 bits per heavy atom. The number of nitrogens with zero attached hydrogens (tertiary/aromatic N) is 3. The molecule has 1 N–H and O–H groups in total. The van der Waals surface area contributed by atoms with Crippen LogP contribution < -0.4 is 5.32 Å². The standard InChI is InChI=1S/C15H17ClF2N4O2S.ClH/c16-12-3-1-2-11(6-12)14-8-19-4-5-22(14)25(23,24)13-7-20-21(9-13)10-15(17)18;/h1-3,6-7,9,14-15,19H,4-5,8,10H2;1H. The molecule has 1 saturated heterocycles. The molecule has 6 nitrogen and oxygen atoms in total. The van der Waals surface area contributed by atoms with Gasteiger partial charge in [0, 0.05) is 30.9 Å². The first-order chi connectivity index (χ1) is 11.9. The van der Waals surface area contributed by atoms with Gasteiger partial charge in [-0.05, 0) is 17.7 Å². The average Bonchev–Trinajstić information content (AvgIpc) is 3.03. The van der Waals surface area contributed by atoms with Gasteiger partial charge in [0.2, 0.25) is 10.0 Å². The predicted molar refractivity (Wildman–Crippen MR) is 96.4 cm³/mol. The van der Waals surface area contributed by atoms with Crippen molar-refractivity contribution in [1.82, 2.24) is 19.4 Å². The van der Waals surface area contributed by atoms with Gasteiger partial charge in [-0.3, -0.25) is 4.68 Å². The Labute approximate surface area is 161 Å². The van der Waals surface area contributed by atoms with Crippen LogP contribution in [-0.4, -0.2) is 48.6 Å². The molecule has 1 atom stereocenters. The van der Waals surface area contributed by atoms with Crippen molar-refractivity contribution < 1.29 is 17.2 Å². The highest BCUT2D eigenvalue weighted by Gasteiger charge is 2.35. The zero-order valence-corrected chi connectivity index (χ0v) is 15.9. The van der Waals surface area contributed by atoms with Gasteiger partial charge < -0.3 is 5.32 Å². The first-order valence-corrected chi connectivity index (χ1v) is 9.48. The zero-order valence-electron chi connectivity index (χ0n) is 13.6. The van der Waals surface area contributed by atoms with E-state index in [-0.39, 0.29) is 23.8 Å². The van der Waals surface area contributed by atoms with Crippen molar-refractivity contribution >= 4 is 34.0 Å². The lowest BCUT2D eigenvalue weighted by atomic mass is 10.1. The van der Waals surface area contributed by atoms with E-state index in [9.17, 15) is 17.2 Å². The fourth-order valence-electron chi connectivity index (χ4n) is 2.83. The van der Waals surface area contributed by atoms with Crippen molar-refractivity contribution in [2.45, 2.75) is 23.9 Å². The smallest absolute Gasteiger partial charge is 0.257 e. The van der Waals surface area contributed by atoms with Crippen LogP contribution in [-0.2, 0) is 16.6 Å². The highest BCUT2D eigenvalue weighted by Crippen LogP contribution is 2.30. The van der Waals surface area contributed by atoms with E-state index in [2.05, 4.69) is 10.4 Å². The molecule has 1 fully saturated rings. The molecule has 1 aromatic carbocycles. The van der Waals surface area contributed by atoms with E-state index >= 15 is 0 Å². The lowest BCUT2D eigenvalue weighted by molar-refractivity contribution is 0.121. The first kappa shape index (κ1) is 21.0. The molecular weight excluding hydrogens is 409 g/mol. The van der Waals surface area contributed by atoms with Gasteiger partial charge in [-0.1, -0.05) is 23.7 Å². The minimum absolute atomic E-state index is 0. The Balaban J connectivity index is 0.00000243. The van der Waals surface area contributed by atoms with Crippen LogP contribution in [0.3, 0.4) is 0 Å². The molecule has 0 radical (unpaired) electrons. The van der Waals surface area contributed by atoms with Gasteiger partial charge in [-0.15, -0.1) is 12.4 Å². The van der Waals surface area contributed by atoms with Crippen molar-refractivity contribution in [2.24, 2.45) is 0 Å². The lowest BCUT2D eigenvalue weighted by Crippen LogP contribution is -2.48. The topological polar surface area (TPSA) is 67.2 Å². The molecule has 0 spiro atoms. The first-order valence-electron chi connectivity index (χ1n) is 7.66. The van der Waals surface area contributed by atoms with Crippen molar-refractivity contribution in [3.05, 3.63) is 47.2 Å². The molecule has 26 heavy (non-hydrogen) atoms. The Morgan fingerprint density at radius 3 is 2.85 bits per heavy atom. The molecule has 0 amide bonds. The van der Waals surface area contributed by atoms with Crippen LogP contribution in [0.1, 0.15) is 11.6 Å². The maximum Gasteiger partial charge on any atom is 0.257 e. The monoisotopic (exact) mass is 426 g/mol. The number of benzene rings is 1. The summed E-state index contributed by atoms with van der Waals surface area (Å²) in [5.41, 5.74) is 0.767. The summed E-state index contributed by atoms with van der Waals surface area (Å²) in [7, 11) is -3.87. The van der Waals surface area contributed by atoms with Crippen LogP contribution in [0, 0.1) is 0 Å². The van der Waals surface area contributed by atoms with E-state index in [4.69, 9.17) is 11.6 Å². The molecule has 2 heterocycles. The SMILES string of the molecule is Cl.O=S(=O)(c1cnn(CC(F)F)c1)N1CCNCC1c1cccc(Cl)c1. The fourth-order valence-corrected chi connectivity index (χ4v) is 4.59. The Hall–Kier alpha value is -1.26. The summed E-state index contributed by atoms with van der Waals surface area (Å²) in [4.78, 5) is -0.0953. The van der Waals surface area contributed by atoms with Crippen molar-refractivity contribution in [3.8, 4) is 0 Å². The van der Waals surface area contributed by atoms with E-state index in [0.29, 0.717) is 18.1 Å². The third-order valence-electron chi connectivity index (χ3n) is 3.97. The molecule has 3 rings (SSSR count). The second-order valence-electron chi connectivity index (χ2n) is 5.68. The molecule has 1 aliphatic rings. The summed E-state index contributed by atoms with van der Waals surface area (Å²) in [6.45, 7) is 0.556. The maximum absolute atomic E-state index is 13.0. The summed E-state index contributed by atoms with van der Waals surface area (Å²) in [6.07, 6.45) is -0.360. The molecule has 0 bridgehead atoms. The van der Waals surface area contributed by atoms with Crippen LogP contribution in [0.4, 0.5) is 8.78 Å². The van der Waals surface area contributed by atoms with Crippen LogP contribution in [0.25, 0.3) is 0 Å². The van der Waals surface area contributed by atoms with Crippen LogP contribution in [0.15, 0.2) is 41.6 Å². The van der Waals surface area contributed by atoms with Gasteiger partial charge in [-0.2, -0.15) is 9.40 Å². The largest absolute Gasteiger partial charge is 0.313 e. The Morgan fingerprint density at radius 1 is 1.38 bits per heavy atom. The number of rotatable bonds is 5. The van der Waals surface area contributed by atoms with Gasteiger partial charge in [0.05, 0.1) is 12.2 Å². The molecule has 0 aliphatic carbocycles. The number of piperazine rings is 1. The normalized spacial score (nSPS) is 18.7. The number of aromatic nitrogens is 2. The van der Waals surface area contributed by atoms with Gasteiger partial charge >= 0.3 is 0 Å². The van der Waals surface area contributed by atoms with Crippen molar-refractivity contribution in [1.29, 1.82) is 0 Å². The van der Waals surface area contributed by atoms with Gasteiger partial charge in [0.25, 0.3) is 6.43 Å². The van der Waals surface area contributed by atoms with Crippen molar-refractivity contribution in [3.63, 3.8) is 0 Å². The number of halogens is 4. The average molecular weight is 427 g/mol. The molecule has 1 aromatic heterocycles. The van der Waals surface area contributed by atoms with E-state index in [1.807, 2.05) is 6.07 Å². The molecule has 144 valence electrons. The highest BCUT2D eigenvalue weighted by molar-refractivity contribution is 7.89. The number of hydrogen-bond donors (Lipinski definition) is 1. The van der Waals surface area contributed by atoms with E-state index in [0.717, 1.165) is 22.6 Å². The van der Waals surface area contributed by atoms with Crippen LogP contribution in [0.5, 0.6) is 0 Å². The predicted octanol–water partition coefficient (Wildman–Crippen LogP) is 2.56. The lowest BCUT2D eigenvalue weighted by Gasteiger charge is -2.35. The summed E-state index contributed by atoms with van der Waals surface area (Å²) in [5, 5.41) is 7.41. The molecule has 0 saturated carbocycles. The van der Waals surface area contributed by atoms with Gasteiger partial charge in [0.1, 0.15) is 11.4 Å². The molecule has 1 unspecified atom stereocenters. The maximum atomic E-state index is 13.0. The molecular formula is C15H18Cl2F2N4O2S. The molecule has 11 heteroatoms. The second kappa shape index (κ2) is 8.62. The van der Waals surface area contributed by atoms with Crippen LogP contribution in [0.2, 0.25) is 5.02 Å². The van der Waals surface area contributed by atoms with E-state index < -0.39 is 29.0 Å². The Bertz CT molecular complexity index is 848. The third kappa shape index (κ3) is 4.52. The second-order valence-corrected chi connectivity index (χ2v) is 8.01. The summed E-state index contributed by atoms with van der Waals surface area (Å²) in [6, 6.07) is 6.58. The number of nitrogens with one attached hydrogen (secondary N) is 1. The summed E-state index contributed by atoms with van der Waals surface area (Å²) in [5.74, 6) is 0. The van der Waals surface area contributed by atoms with Crippen LogP contribution >= 0.6 is 24.0 Å². The number of alkyl halides is 2. The van der Waals surface area contributed by atoms with E-state index in [1.54, 1.807) is 18.2 Å². The van der Waals surface area contributed by atoms with Crippen molar-refractivity contribution in [2.75, 3.05) is 19.6 Å². The number of sulfonamides is 1.